The van der Waals surface area contributed by atoms with Crippen molar-refractivity contribution in [3.63, 3.8) is 0 Å². The molecule has 0 saturated heterocycles. The molecular weight excluding hydrogens is 293 g/mol. The zero-order valence-corrected chi connectivity index (χ0v) is 12.2. The first kappa shape index (κ1) is 16.1. The number of alkyl halides is 3. The summed E-state index contributed by atoms with van der Waals surface area (Å²) in [6.45, 7) is 4.18. The summed E-state index contributed by atoms with van der Waals surface area (Å²) in [6, 6.07) is 10.9. The Balaban J connectivity index is 2.18. The number of anilines is 1. The predicted octanol–water partition coefficient (Wildman–Crippen LogP) is 4.52. The molecule has 0 aliphatic heterocycles. The molecule has 0 aliphatic carbocycles. The summed E-state index contributed by atoms with van der Waals surface area (Å²) in [7, 11) is 0. The van der Waals surface area contributed by atoms with Crippen molar-refractivity contribution in [3.8, 4) is 5.75 Å². The van der Waals surface area contributed by atoms with E-state index in [4.69, 9.17) is 0 Å². The summed E-state index contributed by atoms with van der Waals surface area (Å²) in [5.41, 5.74) is 1.48. The van der Waals surface area contributed by atoms with Gasteiger partial charge in [0.05, 0.1) is 0 Å². The van der Waals surface area contributed by atoms with Crippen molar-refractivity contribution in [2.75, 3.05) is 5.32 Å². The zero-order chi connectivity index (χ0) is 16.2. The molecule has 1 aromatic heterocycles. The number of halogens is 3. The van der Waals surface area contributed by atoms with Gasteiger partial charge in [0.25, 0.3) is 0 Å². The third-order valence-electron chi connectivity index (χ3n) is 2.98. The second-order valence-electron chi connectivity index (χ2n) is 5.11. The minimum atomic E-state index is -4.70. The van der Waals surface area contributed by atoms with E-state index in [1.807, 2.05) is 19.9 Å². The molecule has 0 spiro atoms. The Hall–Kier alpha value is -2.24. The van der Waals surface area contributed by atoms with E-state index in [9.17, 15) is 13.2 Å². The van der Waals surface area contributed by atoms with Gasteiger partial charge in [0, 0.05) is 18.8 Å². The largest absolute Gasteiger partial charge is 0.573 e. The van der Waals surface area contributed by atoms with Crippen LogP contribution in [0.1, 0.15) is 30.9 Å². The summed E-state index contributed by atoms with van der Waals surface area (Å²) in [5, 5.41) is 3.05. The molecule has 0 fully saturated rings. The van der Waals surface area contributed by atoms with Gasteiger partial charge in [-0.15, -0.1) is 13.2 Å². The molecule has 0 saturated carbocycles. The molecule has 3 nitrogen and oxygen atoms in total. The first-order valence-electron chi connectivity index (χ1n) is 6.79. The average molecular weight is 309 g/mol. The van der Waals surface area contributed by atoms with E-state index in [0.717, 1.165) is 5.56 Å². The van der Waals surface area contributed by atoms with Crippen LogP contribution in [0.25, 0.3) is 0 Å². The maximum absolute atomic E-state index is 12.4. The van der Waals surface area contributed by atoms with Gasteiger partial charge in [-0.25, -0.2) is 4.98 Å². The van der Waals surface area contributed by atoms with E-state index in [1.165, 1.54) is 18.3 Å². The molecule has 0 unspecified atom stereocenters. The Morgan fingerprint density at radius 2 is 2.05 bits per heavy atom. The van der Waals surface area contributed by atoms with Crippen molar-refractivity contribution >= 4 is 5.82 Å². The van der Waals surface area contributed by atoms with Gasteiger partial charge >= 0.3 is 6.36 Å². The summed E-state index contributed by atoms with van der Waals surface area (Å²) < 4.78 is 41.3. The van der Waals surface area contributed by atoms with Crippen LogP contribution in [0.3, 0.4) is 0 Å². The van der Waals surface area contributed by atoms with E-state index in [-0.39, 0.29) is 11.7 Å². The summed E-state index contributed by atoms with van der Waals surface area (Å²) in [4.78, 5) is 4.06. The third kappa shape index (κ3) is 4.95. The number of nitrogens with zero attached hydrogens (tertiary/aromatic N) is 1. The van der Waals surface area contributed by atoms with Gasteiger partial charge in [-0.05, 0) is 41.3 Å². The molecule has 1 radical (unpaired) electrons. The van der Waals surface area contributed by atoms with Gasteiger partial charge < -0.3 is 10.1 Å². The molecule has 0 atom stereocenters. The highest BCUT2D eigenvalue weighted by atomic mass is 19.4. The highest BCUT2D eigenvalue weighted by Gasteiger charge is 2.31. The molecular formula is C16H16F3N2O. The third-order valence-corrected chi connectivity index (χ3v) is 2.98. The molecule has 6 heteroatoms. The molecule has 2 aromatic rings. The Labute approximate surface area is 127 Å². The second-order valence-corrected chi connectivity index (χ2v) is 5.11. The Kier molecular flexibility index (Phi) is 4.90. The van der Waals surface area contributed by atoms with Crippen LogP contribution in [0.5, 0.6) is 5.75 Å². The molecule has 1 heterocycles. The number of hydrogen-bond donors (Lipinski definition) is 1. The van der Waals surface area contributed by atoms with Crippen LogP contribution >= 0.6 is 0 Å². The quantitative estimate of drug-likeness (QED) is 0.882. The van der Waals surface area contributed by atoms with Crippen LogP contribution in [-0.4, -0.2) is 11.3 Å². The molecule has 1 N–H and O–H groups in total. The van der Waals surface area contributed by atoms with E-state index < -0.39 is 6.36 Å². The number of rotatable bonds is 5. The van der Waals surface area contributed by atoms with E-state index in [2.05, 4.69) is 21.1 Å². The molecule has 0 aliphatic rings. The number of hydrogen-bond acceptors (Lipinski definition) is 3. The van der Waals surface area contributed by atoms with Crippen molar-refractivity contribution in [1.29, 1.82) is 0 Å². The lowest BCUT2D eigenvalue weighted by Gasteiger charge is -2.15. The molecule has 117 valence electrons. The number of nitrogens with one attached hydrogen (secondary N) is 1. The van der Waals surface area contributed by atoms with Gasteiger partial charge in [0.2, 0.25) is 0 Å². The highest BCUT2D eigenvalue weighted by Crippen LogP contribution is 2.28. The average Bonchev–Trinajstić information content (AvgIpc) is 2.44. The van der Waals surface area contributed by atoms with E-state index in [0.29, 0.717) is 17.9 Å². The summed E-state index contributed by atoms with van der Waals surface area (Å²) in [6.07, 6.45) is -3.18. The molecule has 2 rings (SSSR count). The first-order valence-corrected chi connectivity index (χ1v) is 6.79. The van der Waals surface area contributed by atoms with Crippen LogP contribution in [-0.2, 0) is 6.54 Å². The van der Waals surface area contributed by atoms with Crippen LogP contribution in [0, 0.1) is 6.07 Å². The van der Waals surface area contributed by atoms with Gasteiger partial charge in [-0.3, -0.25) is 0 Å². The van der Waals surface area contributed by atoms with Gasteiger partial charge in [0.15, 0.2) is 0 Å². The topological polar surface area (TPSA) is 34.2 Å². The second kappa shape index (κ2) is 6.68. The highest BCUT2D eigenvalue weighted by molar-refractivity contribution is 5.39. The summed E-state index contributed by atoms with van der Waals surface area (Å²) in [5.74, 6) is 0.525. The van der Waals surface area contributed by atoms with Crippen molar-refractivity contribution in [3.05, 3.63) is 53.7 Å². The minimum absolute atomic E-state index is 0.0972. The molecule has 0 amide bonds. The lowest BCUT2D eigenvalue weighted by molar-refractivity contribution is -0.274. The standard InChI is InChI=1S/C16H16F3N2O/c1-11(2)13-7-12(8-14(9-13)22-16(17,18)19)10-21-15-5-3-4-6-20-15/h3,5-9,11H,10H2,1-2H3,(H,20,21). The van der Waals surface area contributed by atoms with Crippen LogP contribution in [0.4, 0.5) is 19.0 Å². The number of ether oxygens (including phenoxy) is 1. The fourth-order valence-corrected chi connectivity index (χ4v) is 1.93. The van der Waals surface area contributed by atoms with E-state index >= 15 is 0 Å². The fraction of sp³-hybridized carbons (Fsp3) is 0.312. The van der Waals surface area contributed by atoms with Crippen molar-refractivity contribution < 1.29 is 17.9 Å². The smallest absolute Gasteiger partial charge is 0.406 e. The van der Waals surface area contributed by atoms with Crippen LogP contribution in [0.15, 0.2) is 36.5 Å². The Morgan fingerprint density at radius 1 is 1.27 bits per heavy atom. The Morgan fingerprint density at radius 3 is 2.64 bits per heavy atom. The lowest BCUT2D eigenvalue weighted by Crippen LogP contribution is -2.17. The number of aromatic nitrogens is 1. The normalized spacial score (nSPS) is 11.5. The van der Waals surface area contributed by atoms with Crippen molar-refractivity contribution in [2.24, 2.45) is 0 Å². The van der Waals surface area contributed by atoms with Gasteiger partial charge in [-0.2, -0.15) is 0 Å². The minimum Gasteiger partial charge on any atom is -0.406 e. The maximum Gasteiger partial charge on any atom is 0.573 e. The fourth-order valence-electron chi connectivity index (χ4n) is 1.93. The Bertz CT molecular complexity index is 613. The molecule has 0 bridgehead atoms. The van der Waals surface area contributed by atoms with Crippen LogP contribution < -0.4 is 10.1 Å². The van der Waals surface area contributed by atoms with Gasteiger partial charge in [0.1, 0.15) is 11.6 Å². The van der Waals surface area contributed by atoms with E-state index in [1.54, 1.807) is 12.1 Å². The van der Waals surface area contributed by atoms with Crippen LogP contribution in [0.2, 0.25) is 0 Å². The van der Waals surface area contributed by atoms with Gasteiger partial charge in [-0.1, -0.05) is 19.9 Å². The molecule has 22 heavy (non-hydrogen) atoms. The zero-order valence-electron chi connectivity index (χ0n) is 12.2. The SMILES string of the molecule is CC(C)c1cc(CNc2cc[c]cn2)cc(OC(F)(F)F)c1. The number of pyridine rings is 1. The maximum atomic E-state index is 12.4. The summed E-state index contributed by atoms with van der Waals surface area (Å²) >= 11 is 0. The monoisotopic (exact) mass is 309 g/mol. The lowest BCUT2D eigenvalue weighted by atomic mass is 10.0. The van der Waals surface area contributed by atoms with Crippen molar-refractivity contribution in [2.45, 2.75) is 32.7 Å². The molecule has 1 aromatic carbocycles. The number of benzene rings is 1. The first-order chi connectivity index (χ1) is 10.3. The van der Waals surface area contributed by atoms with Crippen molar-refractivity contribution in [1.82, 2.24) is 4.98 Å². The predicted molar refractivity (Wildman–Crippen MR) is 77.6 cm³/mol.